The van der Waals surface area contributed by atoms with Crippen molar-refractivity contribution in [2.75, 3.05) is 5.32 Å². The van der Waals surface area contributed by atoms with Crippen LogP contribution in [0.1, 0.15) is 29.3 Å². The van der Waals surface area contributed by atoms with Crippen LogP contribution in [0.25, 0.3) is 0 Å². The van der Waals surface area contributed by atoms with E-state index in [1.165, 1.54) is 12.1 Å². The lowest BCUT2D eigenvalue weighted by Crippen LogP contribution is -2.13. The summed E-state index contributed by atoms with van der Waals surface area (Å²) in [5.74, 6) is -0.960. The van der Waals surface area contributed by atoms with Crippen molar-refractivity contribution in [3.05, 3.63) is 56.5 Å². The Kier molecular flexibility index (Phi) is 6.39. The Morgan fingerprint density at radius 3 is 2.54 bits per heavy atom. The molecule has 0 spiro atoms. The zero-order valence-electron chi connectivity index (χ0n) is 12.8. The van der Waals surface area contributed by atoms with E-state index in [1.807, 2.05) is 18.2 Å². The lowest BCUT2D eigenvalue weighted by molar-refractivity contribution is -0.115. The van der Waals surface area contributed by atoms with Crippen molar-refractivity contribution in [1.29, 1.82) is 0 Å². The van der Waals surface area contributed by atoms with E-state index in [2.05, 4.69) is 37.2 Å². The maximum Gasteiger partial charge on any atom is 0.337 e. The van der Waals surface area contributed by atoms with Gasteiger partial charge in [-0.05, 0) is 30.3 Å². The van der Waals surface area contributed by atoms with Gasteiger partial charge in [-0.1, -0.05) is 44.8 Å². The number of benzene rings is 2. The first-order chi connectivity index (χ1) is 11.4. The highest BCUT2D eigenvalue weighted by molar-refractivity contribution is 9.11. The number of rotatable bonds is 6. The zero-order valence-corrected chi connectivity index (χ0v) is 16.0. The van der Waals surface area contributed by atoms with Gasteiger partial charge in [0.2, 0.25) is 5.91 Å². The van der Waals surface area contributed by atoms with Crippen molar-refractivity contribution in [3.63, 3.8) is 0 Å². The summed E-state index contributed by atoms with van der Waals surface area (Å²) in [4.78, 5) is 22.9. The number of hydrogen-bond donors (Lipinski definition) is 2. The minimum atomic E-state index is -1.13. The van der Waals surface area contributed by atoms with Crippen molar-refractivity contribution in [2.45, 2.75) is 20.0 Å². The van der Waals surface area contributed by atoms with E-state index in [1.54, 1.807) is 13.0 Å². The normalized spacial score (nSPS) is 10.3. The fourth-order valence-electron chi connectivity index (χ4n) is 1.94. The van der Waals surface area contributed by atoms with Gasteiger partial charge < -0.3 is 15.2 Å². The van der Waals surface area contributed by atoms with Crippen molar-refractivity contribution in [2.24, 2.45) is 0 Å². The first kappa shape index (κ1) is 18.5. The third kappa shape index (κ3) is 4.82. The second-order valence-corrected chi connectivity index (χ2v) is 6.71. The number of nitrogens with one attached hydrogen (secondary N) is 1. The van der Waals surface area contributed by atoms with Crippen LogP contribution >= 0.6 is 31.9 Å². The van der Waals surface area contributed by atoms with E-state index in [0.717, 1.165) is 14.5 Å². The maximum absolute atomic E-state index is 11.5. The Morgan fingerprint density at radius 2 is 1.92 bits per heavy atom. The number of carbonyl (C=O) groups is 2. The summed E-state index contributed by atoms with van der Waals surface area (Å²) >= 11 is 6.83. The van der Waals surface area contributed by atoms with Crippen LogP contribution in [-0.4, -0.2) is 17.0 Å². The summed E-state index contributed by atoms with van der Waals surface area (Å²) in [7, 11) is 0. The second kappa shape index (κ2) is 8.30. The molecule has 0 aromatic heterocycles. The van der Waals surface area contributed by atoms with Crippen LogP contribution in [0.15, 0.2) is 45.3 Å². The fourth-order valence-corrected chi connectivity index (χ4v) is 3.10. The lowest BCUT2D eigenvalue weighted by atomic mass is 10.1. The summed E-state index contributed by atoms with van der Waals surface area (Å²) in [6.45, 7) is 1.98. The van der Waals surface area contributed by atoms with Crippen molar-refractivity contribution < 1.29 is 19.4 Å². The van der Waals surface area contributed by atoms with Crippen LogP contribution in [0.5, 0.6) is 5.75 Å². The lowest BCUT2D eigenvalue weighted by Gasteiger charge is -2.12. The van der Waals surface area contributed by atoms with Crippen LogP contribution in [0.4, 0.5) is 5.69 Å². The van der Waals surface area contributed by atoms with Crippen LogP contribution < -0.4 is 10.1 Å². The predicted octanol–water partition coefficient (Wildman–Crippen LogP) is 4.84. The highest BCUT2D eigenvalue weighted by Gasteiger charge is 2.13. The van der Waals surface area contributed by atoms with Gasteiger partial charge in [-0.3, -0.25) is 4.79 Å². The van der Waals surface area contributed by atoms with E-state index in [0.29, 0.717) is 5.75 Å². The minimum absolute atomic E-state index is 0.0100. The molecule has 7 heteroatoms. The van der Waals surface area contributed by atoms with Crippen LogP contribution in [0.3, 0.4) is 0 Å². The molecule has 0 atom stereocenters. The molecule has 0 fully saturated rings. The Labute approximate surface area is 156 Å². The molecule has 0 saturated carbocycles. The van der Waals surface area contributed by atoms with Gasteiger partial charge in [0.25, 0.3) is 0 Å². The molecule has 2 aromatic rings. The summed E-state index contributed by atoms with van der Waals surface area (Å²) in [6.07, 6.45) is 0.273. The van der Waals surface area contributed by atoms with Gasteiger partial charge in [-0.15, -0.1) is 0 Å². The first-order valence-electron chi connectivity index (χ1n) is 7.14. The van der Waals surface area contributed by atoms with Crippen LogP contribution in [-0.2, 0) is 11.4 Å². The Hall–Kier alpha value is -1.86. The molecular weight excluding hydrogens is 442 g/mol. The fraction of sp³-hybridized carbons (Fsp3) is 0.176. The molecule has 0 bridgehead atoms. The number of hydrogen-bond acceptors (Lipinski definition) is 3. The second-order valence-electron chi connectivity index (χ2n) is 4.94. The van der Waals surface area contributed by atoms with Crippen molar-refractivity contribution in [3.8, 4) is 5.75 Å². The first-order valence-corrected chi connectivity index (χ1v) is 8.73. The molecule has 0 aliphatic rings. The maximum atomic E-state index is 11.5. The summed E-state index contributed by atoms with van der Waals surface area (Å²) in [5, 5.41) is 11.9. The number of ether oxygens (including phenoxy) is 1. The van der Waals surface area contributed by atoms with Gasteiger partial charge in [-0.25, -0.2) is 4.79 Å². The SMILES string of the molecule is CCC(=O)Nc1ccc(OCc2ccc(Br)cc2Br)cc1C(=O)O. The van der Waals surface area contributed by atoms with E-state index in [9.17, 15) is 14.7 Å². The van der Waals surface area contributed by atoms with E-state index in [4.69, 9.17) is 4.74 Å². The predicted molar refractivity (Wildman–Crippen MR) is 98.5 cm³/mol. The average molecular weight is 457 g/mol. The number of anilines is 1. The molecule has 0 saturated heterocycles. The van der Waals surface area contributed by atoms with Gasteiger partial charge >= 0.3 is 5.97 Å². The molecule has 2 rings (SSSR count). The molecular formula is C17H15Br2NO4. The third-order valence-electron chi connectivity index (χ3n) is 3.23. The van der Waals surface area contributed by atoms with Crippen molar-refractivity contribution in [1.82, 2.24) is 0 Å². The Morgan fingerprint density at radius 1 is 1.17 bits per heavy atom. The monoisotopic (exact) mass is 455 g/mol. The largest absolute Gasteiger partial charge is 0.489 e. The summed E-state index contributed by atoms with van der Waals surface area (Å²) in [5.41, 5.74) is 1.18. The molecule has 0 aliphatic carbocycles. The molecule has 126 valence electrons. The third-order valence-corrected chi connectivity index (χ3v) is 4.46. The van der Waals surface area contributed by atoms with Crippen molar-refractivity contribution >= 4 is 49.4 Å². The smallest absolute Gasteiger partial charge is 0.337 e. The van der Waals surface area contributed by atoms with Crippen LogP contribution in [0.2, 0.25) is 0 Å². The number of carbonyl (C=O) groups excluding carboxylic acids is 1. The number of amides is 1. The van der Waals surface area contributed by atoms with Gasteiger partial charge in [0.1, 0.15) is 12.4 Å². The number of halogens is 2. The average Bonchev–Trinajstić information content (AvgIpc) is 2.54. The highest BCUT2D eigenvalue weighted by atomic mass is 79.9. The minimum Gasteiger partial charge on any atom is -0.489 e. The Bertz CT molecular complexity index is 777. The number of carboxylic acid groups (broad SMARTS) is 1. The van der Waals surface area contributed by atoms with Gasteiger partial charge in [0, 0.05) is 20.9 Å². The Balaban J connectivity index is 2.17. The quantitative estimate of drug-likeness (QED) is 0.652. The molecule has 5 nitrogen and oxygen atoms in total. The van der Waals surface area contributed by atoms with Crippen LogP contribution in [0, 0.1) is 0 Å². The van der Waals surface area contributed by atoms with E-state index in [-0.39, 0.29) is 30.2 Å². The molecule has 0 heterocycles. The molecule has 0 unspecified atom stereocenters. The zero-order chi connectivity index (χ0) is 17.7. The molecule has 1 amide bonds. The van der Waals surface area contributed by atoms with E-state index >= 15 is 0 Å². The van der Waals surface area contributed by atoms with Gasteiger partial charge in [-0.2, -0.15) is 0 Å². The van der Waals surface area contributed by atoms with Gasteiger partial charge in [0.05, 0.1) is 11.3 Å². The molecule has 0 aliphatic heterocycles. The molecule has 24 heavy (non-hydrogen) atoms. The standard InChI is InChI=1S/C17H15Br2NO4/c1-2-16(21)20-15-6-5-12(8-13(15)17(22)23)24-9-10-3-4-11(18)7-14(10)19/h3-8H,2,9H2,1H3,(H,20,21)(H,22,23). The summed E-state index contributed by atoms with van der Waals surface area (Å²) in [6, 6.07) is 10.3. The topological polar surface area (TPSA) is 75.6 Å². The summed E-state index contributed by atoms with van der Waals surface area (Å²) < 4.78 is 7.51. The molecule has 0 radical (unpaired) electrons. The molecule has 2 aromatic carbocycles. The van der Waals surface area contributed by atoms with Gasteiger partial charge in [0.15, 0.2) is 0 Å². The van der Waals surface area contributed by atoms with E-state index < -0.39 is 5.97 Å². The molecule has 2 N–H and O–H groups in total. The highest BCUT2D eigenvalue weighted by Crippen LogP contribution is 2.26. The number of aromatic carboxylic acids is 1. The number of carboxylic acids is 1.